The Kier molecular flexibility index (Phi) is 77.2. The zero-order chi connectivity index (χ0) is 70.4. The fraction of sp³-hybridized carbons (Fsp3) is 0.898. The number of quaternary nitrogens is 1. The SMILES string of the molecule is CCCCCCC/C=C\C/C=C\CCCCCCCCCCCCCCCCCCCCCCCCCC(=O)OC(COC(=O)CCCCCCCCCCCCCCCCCCCCCCCCCCC/C=C\CCCCCCCCCC)COC(OCC[N+](C)(C)C)C(=O)[O-]. The molecule has 97 heavy (non-hydrogen) atoms. The molecule has 0 aliphatic carbocycles. The predicted octanol–water partition coefficient (Wildman–Crippen LogP) is 26.5. The van der Waals surface area contributed by atoms with Crippen molar-refractivity contribution in [3.05, 3.63) is 36.5 Å². The van der Waals surface area contributed by atoms with Crippen LogP contribution in [0.15, 0.2) is 36.5 Å². The second kappa shape index (κ2) is 79.2. The summed E-state index contributed by atoms with van der Waals surface area (Å²) in [5.74, 6) is -2.24. The molecule has 2 unspecified atom stereocenters. The molecule has 0 rings (SSSR count). The summed E-state index contributed by atoms with van der Waals surface area (Å²) < 4.78 is 22.9. The van der Waals surface area contributed by atoms with Crippen molar-refractivity contribution in [2.24, 2.45) is 0 Å². The molecule has 0 bridgehead atoms. The van der Waals surface area contributed by atoms with Gasteiger partial charge in [-0.05, 0) is 70.6 Å². The van der Waals surface area contributed by atoms with Crippen LogP contribution in [0.2, 0.25) is 0 Å². The third-order valence-electron chi connectivity index (χ3n) is 19.9. The number of hydrogen-bond donors (Lipinski definition) is 0. The highest BCUT2D eigenvalue weighted by atomic mass is 16.7. The number of carbonyl (C=O) groups is 3. The lowest BCUT2D eigenvalue weighted by atomic mass is 10.0. The quantitative estimate of drug-likeness (QED) is 0.0195. The minimum Gasteiger partial charge on any atom is -0.545 e. The molecule has 0 saturated heterocycles. The molecule has 9 nitrogen and oxygen atoms in total. The summed E-state index contributed by atoms with van der Waals surface area (Å²) in [6, 6.07) is 0. The van der Waals surface area contributed by atoms with E-state index in [9.17, 15) is 19.5 Å². The number of carboxylic acid groups (broad SMARTS) is 1. The number of esters is 2. The monoisotopic (exact) mass is 1370 g/mol. The van der Waals surface area contributed by atoms with Crippen molar-refractivity contribution in [3.8, 4) is 0 Å². The second-order valence-corrected chi connectivity index (χ2v) is 30.8. The number of carbonyl (C=O) groups excluding carboxylic acids is 3. The van der Waals surface area contributed by atoms with E-state index >= 15 is 0 Å². The van der Waals surface area contributed by atoms with E-state index in [1.807, 2.05) is 21.1 Å². The molecule has 9 heteroatoms. The summed E-state index contributed by atoms with van der Waals surface area (Å²) >= 11 is 0. The first-order valence-electron chi connectivity index (χ1n) is 43.1. The number of nitrogens with zero attached hydrogens (tertiary/aromatic N) is 1. The van der Waals surface area contributed by atoms with E-state index in [0.29, 0.717) is 17.4 Å². The van der Waals surface area contributed by atoms with E-state index in [0.717, 1.165) is 44.9 Å². The lowest BCUT2D eigenvalue weighted by Gasteiger charge is -2.26. The van der Waals surface area contributed by atoms with Gasteiger partial charge in [-0.15, -0.1) is 0 Å². The number of allylic oxidation sites excluding steroid dienone is 6. The van der Waals surface area contributed by atoms with Gasteiger partial charge in [0.1, 0.15) is 13.2 Å². The van der Waals surface area contributed by atoms with Crippen LogP contribution in [0.25, 0.3) is 0 Å². The number of unbranched alkanes of at least 4 members (excludes halogenated alkanes) is 61. The molecule has 0 radical (unpaired) electrons. The third-order valence-corrected chi connectivity index (χ3v) is 19.9. The molecule has 0 N–H and O–H groups in total. The van der Waals surface area contributed by atoms with Crippen LogP contribution in [-0.4, -0.2) is 82.3 Å². The fourth-order valence-corrected chi connectivity index (χ4v) is 13.3. The van der Waals surface area contributed by atoms with Gasteiger partial charge < -0.3 is 33.3 Å². The summed E-state index contributed by atoms with van der Waals surface area (Å²) in [5.41, 5.74) is 0. The minimum atomic E-state index is -1.62. The fourth-order valence-electron chi connectivity index (χ4n) is 13.3. The number of rotatable bonds is 82. The smallest absolute Gasteiger partial charge is 0.306 e. The molecular weight excluding hydrogens is 1200 g/mol. The predicted molar refractivity (Wildman–Crippen MR) is 417 cm³/mol. The second-order valence-electron chi connectivity index (χ2n) is 30.8. The average molecular weight is 1370 g/mol. The molecule has 0 heterocycles. The van der Waals surface area contributed by atoms with Crippen LogP contribution in [0.1, 0.15) is 450 Å². The number of ether oxygens (including phenoxy) is 4. The van der Waals surface area contributed by atoms with Crippen LogP contribution < -0.4 is 5.11 Å². The van der Waals surface area contributed by atoms with Crippen molar-refractivity contribution in [2.75, 3.05) is 47.5 Å². The maximum Gasteiger partial charge on any atom is 0.306 e. The van der Waals surface area contributed by atoms with E-state index < -0.39 is 24.3 Å². The van der Waals surface area contributed by atoms with Gasteiger partial charge in [0.25, 0.3) is 0 Å². The molecule has 0 aromatic carbocycles. The van der Waals surface area contributed by atoms with E-state index in [1.54, 1.807) is 0 Å². The van der Waals surface area contributed by atoms with E-state index in [1.165, 1.54) is 379 Å². The van der Waals surface area contributed by atoms with Crippen molar-refractivity contribution in [3.63, 3.8) is 0 Å². The van der Waals surface area contributed by atoms with Gasteiger partial charge in [-0.25, -0.2) is 0 Å². The molecule has 0 saturated carbocycles. The molecule has 0 fully saturated rings. The first-order valence-corrected chi connectivity index (χ1v) is 43.1. The number of likely N-dealkylation sites (N-methyl/N-ethyl adjacent to an activating group) is 1. The van der Waals surface area contributed by atoms with Crippen molar-refractivity contribution in [2.45, 2.75) is 463 Å². The molecule has 0 amide bonds. The van der Waals surface area contributed by atoms with Crippen LogP contribution in [0.5, 0.6) is 0 Å². The Morgan fingerprint density at radius 2 is 0.557 bits per heavy atom. The normalized spacial score (nSPS) is 12.7. The number of carboxylic acids is 1. The van der Waals surface area contributed by atoms with Gasteiger partial charge in [-0.3, -0.25) is 9.59 Å². The Balaban J connectivity index is 3.92. The van der Waals surface area contributed by atoms with Gasteiger partial charge >= 0.3 is 11.9 Å². The minimum absolute atomic E-state index is 0.152. The van der Waals surface area contributed by atoms with E-state index in [-0.39, 0.29) is 32.2 Å². The largest absolute Gasteiger partial charge is 0.545 e. The van der Waals surface area contributed by atoms with Gasteiger partial charge in [0.2, 0.25) is 0 Å². The molecule has 0 aliphatic heterocycles. The topological polar surface area (TPSA) is 111 Å². The zero-order valence-electron chi connectivity index (χ0n) is 65.7. The molecule has 2 atom stereocenters. The van der Waals surface area contributed by atoms with Gasteiger partial charge in [-0.1, -0.05) is 403 Å². The number of aliphatic carboxylic acids is 1. The van der Waals surface area contributed by atoms with Crippen LogP contribution in [0.3, 0.4) is 0 Å². The molecular formula is C88H167NO8. The summed E-state index contributed by atoms with van der Waals surface area (Å²) in [6.07, 6.45) is 100. The van der Waals surface area contributed by atoms with Crippen molar-refractivity contribution < 1.29 is 42.9 Å². The highest BCUT2D eigenvalue weighted by Gasteiger charge is 2.22. The Labute approximate surface area is 604 Å². The summed E-state index contributed by atoms with van der Waals surface area (Å²) in [6.45, 7) is 4.83. The van der Waals surface area contributed by atoms with Crippen LogP contribution in [0, 0.1) is 0 Å². The van der Waals surface area contributed by atoms with Crippen molar-refractivity contribution >= 4 is 17.9 Å². The van der Waals surface area contributed by atoms with Crippen LogP contribution in [0.4, 0.5) is 0 Å². The lowest BCUT2D eigenvalue weighted by molar-refractivity contribution is -0.870. The first kappa shape index (κ1) is 94.5. The maximum absolute atomic E-state index is 13.0. The first-order chi connectivity index (χ1) is 47.6. The van der Waals surface area contributed by atoms with Crippen LogP contribution in [-0.2, 0) is 33.3 Å². The Bertz CT molecular complexity index is 1690. The third kappa shape index (κ3) is 80.7. The van der Waals surface area contributed by atoms with Crippen LogP contribution >= 0.6 is 0 Å². The highest BCUT2D eigenvalue weighted by molar-refractivity contribution is 5.70. The maximum atomic E-state index is 13.0. The van der Waals surface area contributed by atoms with E-state index in [2.05, 4.69) is 50.3 Å². The molecule has 0 spiro atoms. The number of hydrogen-bond acceptors (Lipinski definition) is 8. The highest BCUT2D eigenvalue weighted by Crippen LogP contribution is 2.21. The Morgan fingerprint density at radius 3 is 0.825 bits per heavy atom. The average Bonchev–Trinajstić information content (AvgIpc) is 3.74. The van der Waals surface area contributed by atoms with Crippen molar-refractivity contribution in [1.29, 1.82) is 0 Å². The van der Waals surface area contributed by atoms with Gasteiger partial charge in [0, 0.05) is 12.8 Å². The lowest BCUT2D eigenvalue weighted by Crippen LogP contribution is -2.44. The van der Waals surface area contributed by atoms with E-state index in [4.69, 9.17) is 18.9 Å². The van der Waals surface area contributed by atoms with Gasteiger partial charge in [-0.2, -0.15) is 0 Å². The van der Waals surface area contributed by atoms with Gasteiger partial charge in [0.05, 0.1) is 40.3 Å². The standard InChI is InChI=1S/C88H167NO8/c1-6-8-10-12-14-16-18-20-22-24-26-28-30-32-34-36-38-40-42-43-45-46-48-50-52-54-56-58-60-62-64-66-68-70-72-74-76-78-85(90)95-82-84(83-96-88(87(92)93)94-81-80-89(3,4)5)97-86(91)79-77-75-73-71-69-67-65-63-61-59-57-55-53-51-49-47-44-41-39-37-35-33-31-29-27-25-23-21-19-17-15-13-11-9-7-2/h19,21,24-27,84,88H,6-18,20,22-23,28-83H2,1-5H3/b21-19-,26-24-,27-25-. The van der Waals surface area contributed by atoms with Gasteiger partial charge in [0.15, 0.2) is 12.4 Å². The summed E-state index contributed by atoms with van der Waals surface area (Å²) in [5, 5.41) is 11.9. The molecule has 0 aromatic heterocycles. The summed E-state index contributed by atoms with van der Waals surface area (Å²) in [4.78, 5) is 37.7. The molecule has 572 valence electrons. The van der Waals surface area contributed by atoms with Crippen molar-refractivity contribution in [1.82, 2.24) is 0 Å². The Hall–Kier alpha value is -2.49. The molecule has 0 aromatic rings. The Morgan fingerprint density at radius 1 is 0.309 bits per heavy atom. The summed E-state index contributed by atoms with van der Waals surface area (Å²) in [7, 11) is 5.96. The zero-order valence-corrected chi connectivity index (χ0v) is 65.7. The molecule has 0 aliphatic rings.